The first-order valence-electron chi connectivity index (χ1n) is 8.54. The SMILES string of the molecule is O=C(Nc1ccc(C(F)(F)F)cc1)N1C2CCC1CC(n1nccn1)C2. The molecule has 26 heavy (non-hydrogen) atoms. The fourth-order valence-corrected chi connectivity index (χ4v) is 4.01. The van der Waals surface area contributed by atoms with Crippen LogP contribution in [0.5, 0.6) is 0 Å². The van der Waals surface area contributed by atoms with Crippen molar-refractivity contribution in [2.24, 2.45) is 0 Å². The summed E-state index contributed by atoms with van der Waals surface area (Å²) < 4.78 is 37.9. The summed E-state index contributed by atoms with van der Waals surface area (Å²) in [6.07, 6.45) is 2.31. The van der Waals surface area contributed by atoms with Gasteiger partial charge in [0.25, 0.3) is 0 Å². The third-order valence-electron chi connectivity index (χ3n) is 5.17. The lowest BCUT2D eigenvalue weighted by molar-refractivity contribution is -0.137. The average molecular weight is 365 g/mol. The van der Waals surface area contributed by atoms with E-state index in [0.717, 1.165) is 37.8 Å². The molecular formula is C17H18F3N5O. The van der Waals surface area contributed by atoms with Crippen LogP contribution in [0.4, 0.5) is 23.7 Å². The molecule has 0 aliphatic carbocycles. The van der Waals surface area contributed by atoms with Gasteiger partial charge in [-0.2, -0.15) is 28.2 Å². The zero-order valence-corrected chi connectivity index (χ0v) is 13.9. The van der Waals surface area contributed by atoms with Crippen molar-refractivity contribution in [2.75, 3.05) is 5.32 Å². The summed E-state index contributed by atoms with van der Waals surface area (Å²) in [6.45, 7) is 0. The summed E-state index contributed by atoms with van der Waals surface area (Å²) in [7, 11) is 0. The molecule has 2 aliphatic heterocycles. The van der Waals surface area contributed by atoms with Crippen LogP contribution in [0.15, 0.2) is 36.7 Å². The Morgan fingerprint density at radius 2 is 1.58 bits per heavy atom. The minimum atomic E-state index is -4.38. The monoisotopic (exact) mass is 365 g/mol. The number of nitrogens with one attached hydrogen (secondary N) is 1. The smallest absolute Gasteiger partial charge is 0.318 e. The lowest BCUT2D eigenvalue weighted by Crippen LogP contribution is -2.49. The van der Waals surface area contributed by atoms with E-state index in [2.05, 4.69) is 15.5 Å². The van der Waals surface area contributed by atoms with Crippen LogP contribution in [-0.2, 0) is 6.18 Å². The largest absolute Gasteiger partial charge is 0.416 e. The van der Waals surface area contributed by atoms with E-state index >= 15 is 0 Å². The van der Waals surface area contributed by atoms with Crippen LogP contribution in [0, 0.1) is 0 Å². The van der Waals surface area contributed by atoms with Gasteiger partial charge in [0, 0.05) is 17.8 Å². The van der Waals surface area contributed by atoms with Crippen molar-refractivity contribution in [2.45, 2.75) is 50.0 Å². The minimum Gasteiger partial charge on any atom is -0.318 e. The van der Waals surface area contributed by atoms with Gasteiger partial charge in [-0.15, -0.1) is 0 Å². The van der Waals surface area contributed by atoms with Gasteiger partial charge in [-0.25, -0.2) is 4.79 Å². The van der Waals surface area contributed by atoms with Gasteiger partial charge < -0.3 is 10.2 Å². The molecular weight excluding hydrogens is 347 g/mol. The second-order valence-electron chi connectivity index (χ2n) is 6.77. The molecule has 1 aromatic heterocycles. The number of nitrogens with zero attached hydrogens (tertiary/aromatic N) is 4. The van der Waals surface area contributed by atoms with Crippen molar-refractivity contribution in [3.05, 3.63) is 42.2 Å². The third kappa shape index (κ3) is 3.13. The molecule has 2 aromatic rings. The molecule has 2 saturated heterocycles. The Morgan fingerprint density at radius 1 is 1.00 bits per heavy atom. The van der Waals surface area contributed by atoms with Gasteiger partial charge in [0.2, 0.25) is 0 Å². The number of aromatic nitrogens is 3. The van der Waals surface area contributed by atoms with E-state index in [-0.39, 0.29) is 24.2 Å². The molecule has 4 rings (SSSR count). The van der Waals surface area contributed by atoms with Crippen molar-refractivity contribution in [3.8, 4) is 0 Å². The van der Waals surface area contributed by atoms with Crippen molar-refractivity contribution < 1.29 is 18.0 Å². The molecule has 0 spiro atoms. The molecule has 2 bridgehead atoms. The van der Waals surface area contributed by atoms with Crippen molar-refractivity contribution >= 4 is 11.7 Å². The lowest BCUT2D eigenvalue weighted by atomic mass is 9.98. The van der Waals surface area contributed by atoms with Crippen LogP contribution in [0.3, 0.4) is 0 Å². The summed E-state index contributed by atoms with van der Waals surface area (Å²) in [4.78, 5) is 16.2. The van der Waals surface area contributed by atoms with E-state index in [4.69, 9.17) is 0 Å². The van der Waals surface area contributed by atoms with E-state index in [0.29, 0.717) is 5.69 Å². The maximum Gasteiger partial charge on any atom is 0.416 e. The summed E-state index contributed by atoms with van der Waals surface area (Å²) in [5.41, 5.74) is -0.374. The number of hydrogen-bond acceptors (Lipinski definition) is 3. The molecule has 3 heterocycles. The number of carbonyl (C=O) groups is 1. The van der Waals surface area contributed by atoms with E-state index < -0.39 is 11.7 Å². The highest BCUT2D eigenvalue weighted by molar-refractivity contribution is 5.90. The lowest BCUT2D eigenvalue weighted by Gasteiger charge is -2.38. The second-order valence-corrected chi connectivity index (χ2v) is 6.77. The molecule has 2 fully saturated rings. The zero-order chi connectivity index (χ0) is 18.3. The first-order chi connectivity index (χ1) is 12.4. The topological polar surface area (TPSA) is 63.1 Å². The Morgan fingerprint density at radius 3 is 2.12 bits per heavy atom. The summed E-state index contributed by atoms with van der Waals surface area (Å²) in [5.74, 6) is 0. The van der Waals surface area contributed by atoms with Crippen LogP contribution in [0.2, 0.25) is 0 Å². The van der Waals surface area contributed by atoms with Gasteiger partial charge in [0.1, 0.15) is 0 Å². The maximum absolute atomic E-state index is 12.7. The van der Waals surface area contributed by atoms with Crippen molar-refractivity contribution in [1.82, 2.24) is 19.9 Å². The summed E-state index contributed by atoms with van der Waals surface area (Å²) in [6, 6.07) is 4.62. The highest BCUT2D eigenvalue weighted by Gasteiger charge is 2.44. The molecule has 0 saturated carbocycles. The van der Waals surface area contributed by atoms with Crippen LogP contribution in [-0.4, -0.2) is 38.0 Å². The molecule has 138 valence electrons. The molecule has 1 N–H and O–H groups in total. The molecule has 9 heteroatoms. The zero-order valence-electron chi connectivity index (χ0n) is 13.9. The number of hydrogen-bond donors (Lipinski definition) is 1. The predicted molar refractivity (Wildman–Crippen MR) is 87.4 cm³/mol. The van der Waals surface area contributed by atoms with E-state index in [1.54, 1.807) is 17.2 Å². The molecule has 2 amide bonds. The highest BCUT2D eigenvalue weighted by atomic mass is 19.4. The average Bonchev–Trinajstić information content (AvgIpc) is 3.21. The normalized spacial score (nSPS) is 25.3. The van der Waals surface area contributed by atoms with E-state index in [1.807, 2.05) is 4.90 Å². The number of piperidine rings is 1. The number of alkyl halides is 3. The van der Waals surface area contributed by atoms with Crippen LogP contribution in [0.25, 0.3) is 0 Å². The van der Waals surface area contributed by atoms with Crippen LogP contribution < -0.4 is 5.32 Å². The number of amides is 2. The number of rotatable bonds is 2. The number of urea groups is 1. The van der Waals surface area contributed by atoms with Crippen molar-refractivity contribution in [1.29, 1.82) is 0 Å². The highest BCUT2D eigenvalue weighted by Crippen LogP contribution is 2.40. The number of carbonyl (C=O) groups excluding carboxylic acids is 1. The summed E-state index contributed by atoms with van der Waals surface area (Å²) >= 11 is 0. The quantitative estimate of drug-likeness (QED) is 0.883. The standard InChI is InChI=1S/C17H18F3N5O/c18-17(19,20)11-1-3-12(4-2-11)23-16(26)24-13-5-6-14(24)10-15(9-13)25-21-7-8-22-25/h1-4,7-8,13-15H,5-6,9-10H2,(H,23,26). The van der Waals surface area contributed by atoms with Gasteiger partial charge in [0.05, 0.1) is 24.0 Å². The number of benzene rings is 1. The number of halogens is 3. The Labute approximate surface area is 148 Å². The Hall–Kier alpha value is -2.58. The van der Waals surface area contributed by atoms with Crippen molar-refractivity contribution in [3.63, 3.8) is 0 Å². The van der Waals surface area contributed by atoms with Gasteiger partial charge in [-0.3, -0.25) is 0 Å². The molecule has 2 atom stereocenters. The Balaban J connectivity index is 1.43. The summed E-state index contributed by atoms with van der Waals surface area (Å²) in [5, 5.41) is 11.1. The van der Waals surface area contributed by atoms with Crippen LogP contribution >= 0.6 is 0 Å². The first-order valence-corrected chi connectivity index (χ1v) is 8.54. The van der Waals surface area contributed by atoms with Gasteiger partial charge in [0.15, 0.2) is 0 Å². The maximum atomic E-state index is 12.7. The minimum absolute atomic E-state index is 0.0965. The van der Waals surface area contributed by atoms with Gasteiger partial charge >= 0.3 is 12.2 Å². The molecule has 0 radical (unpaired) electrons. The number of anilines is 1. The third-order valence-corrected chi connectivity index (χ3v) is 5.17. The second kappa shape index (κ2) is 6.30. The molecule has 2 unspecified atom stereocenters. The molecule has 6 nitrogen and oxygen atoms in total. The fourth-order valence-electron chi connectivity index (χ4n) is 4.01. The molecule has 2 aliphatic rings. The van der Waals surface area contributed by atoms with E-state index in [1.165, 1.54) is 12.1 Å². The fraction of sp³-hybridized carbons (Fsp3) is 0.471. The predicted octanol–water partition coefficient (Wildman–Crippen LogP) is 3.70. The van der Waals surface area contributed by atoms with Gasteiger partial charge in [-0.05, 0) is 49.9 Å². The Bertz CT molecular complexity index is 761. The first kappa shape index (κ1) is 16.9. The molecule has 1 aromatic carbocycles. The van der Waals surface area contributed by atoms with Crippen LogP contribution in [0.1, 0.15) is 37.3 Å². The number of fused-ring (bicyclic) bond motifs is 2. The van der Waals surface area contributed by atoms with E-state index in [9.17, 15) is 18.0 Å². The Kier molecular flexibility index (Phi) is 4.08. The van der Waals surface area contributed by atoms with Gasteiger partial charge in [-0.1, -0.05) is 0 Å².